The van der Waals surface area contributed by atoms with Crippen LogP contribution in [0, 0.1) is 24.6 Å². The highest BCUT2D eigenvalue weighted by Crippen LogP contribution is 2.32. The minimum absolute atomic E-state index is 0.114. The fourth-order valence-corrected chi connectivity index (χ4v) is 4.53. The van der Waals surface area contributed by atoms with Gasteiger partial charge in [0, 0.05) is 24.3 Å². The number of halogens is 1. The highest BCUT2D eigenvalue weighted by atomic mass is 19.1. The molecule has 1 aliphatic carbocycles. The zero-order chi connectivity index (χ0) is 20.0. The number of likely N-dealkylation sites (tertiary alicyclic amines) is 1. The number of aromatic nitrogens is 2. The van der Waals surface area contributed by atoms with Gasteiger partial charge in [0.2, 0.25) is 0 Å². The van der Waals surface area contributed by atoms with Gasteiger partial charge in [-0.1, -0.05) is 19.1 Å². The number of nitrogens with zero attached hydrogens (tertiary/aromatic N) is 3. The normalized spacial score (nSPS) is 21.6. The number of carbonyl (C=O) groups excluding carboxylic acids is 1. The van der Waals surface area contributed by atoms with E-state index >= 15 is 0 Å². The fraction of sp³-hybridized carbons (Fsp3) is 0.476. The van der Waals surface area contributed by atoms with Gasteiger partial charge >= 0.3 is 5.97 Å². The Morgan fingerprint density at radius 2 is 2.04 bits per heavy atom. The van der Waals surface area contributed by atoms with Gasteiger partial charge in [0.1, 0.15) is 11.5 Å². The van der Waals surface area contributed by atoms with E-state index in [1.165, 1.54) is 6.07 Å². The van der Waals surface area contributed by atoms with Gasteiger partial charge in [-0.15, -0.1) is 0 Å². The number of carboxylic acid groups (broad SMARTS) is 1. The number of aryl methyl sites for hydroxylation is 1. The van der Waals surface area contributed by atoms with E-state index in [1.54, 1.807) is 15.6 Å². The summed E-state index contributed by atoms with van der Waals surface area (Å²) >= 11 is 0. The van der Waals surface area contributed by atoms with Crippen molar-refractivity contribution in [1.82, 2.24) is 14.7 Å². The number of carboxylic acids is 1. The molecule has 0 radical (unpaired) electrons. The molecule has 1 saturated heterocycles. The number of benzene rings is 1. The maximum Gasteiger partial charge on any atom is 0.308 e. The molecule has 6 nitrogen and oxygen atoms in total. The lowest BCUT2D eigenvalue weighted by atomic mass is 9.90. The van der Waals surface area contributed by atoms with Crippen LogP contribution in [0.3, 0.4) is 0 Å². The first kappa shape index (κ1) is 18.7. The molecule has 0 bridgehead atoms. The standard InChI is InChI=1S/C21H24FN3O3/c1-12-9-14(21(27)28)11-24(10-12)20(26)18-15-6-4-8-17(15)25(23-18)19-13(2)5-3-7-16(19)22/h3,5,7,12,14H,4,6,8-11H2,1-2H3,(H,27,28). The van der Waals surface area contributed by atoms with Crippen LogP contribution in [-0.2, 0) is 17.6 Å². The van der Waals surface area contributed by atoms with Gasteiger partial charge < -0.3 is 10.0 Å². The number of carbonyl (C=O) groups is 2. The highest BCUT2D eigenvalue weighted by molar-refractivity contribution is 5.94. The molecule has 4 rings (SSSR count). The molecule has 2 aliphatic rings. The molecule has 1 fully saturated rings. The molecule has 1 N–H and O–H groups in total. The molecule has 2 unspecified atom stereocenters. The molecule has 1 aromatic heterocycles. The van der Waals surface area contributed by atoms with Crippen LogP contribution in [0.2, 0.25) is 0 Å². The maximum absolute atomic E-state index is 14.5. The quantitative estimate of drug-likeness (QED) is 0.881. The van der Waals surface area contributed by atoms with E-state index in [2.05, 4.69) is 5.10 Å². The van der Waals surface area contributed by atoms with Crippen LogP contribution in [0.4, 0.5) is 4.39 Å². The van der Waals surface area contributed by atoms with Gasteiger partial charge in [-0.05, 0) is 50.2 Å². The van der Waals surface area contributed by atoms with E-state index in [-0.39, 0.29) is 24.2 Å². The Labute approximate surface area is 163 Å². The molecule has 2 aromatic rings. The molecular formula is C21H24FN3O3. The molecule has 1 amide bonds. The lowest BCUT2D eigenvalue weighted by Crippen LogP contribution is -2.45. The van der Waals surface area contributed by atoms with Crippen LogP contribution < -0.4 is 0 Å². The first-order valence-corrected chi connectivity index (χ1v) is 9.75. The zero-order valence-electron chi connectivity index (χ0n) is 16.1. The van der Waals surface area contributed by atoms with E-state index < -0.39 is 11.9 Å². The number of aliphatic carboxylic acids is 1. The van der Waals surface area contributed by atoms with Gasteiger partial charge in [-0.2, -0.15) is 5.10 Å². The zero-order valence-corrected chi connectivity index (χ0v) is 16.1. The summed E-state index contributed by atoms with van der Waals surface area (Å²) < 4.78 is 16.1. The third-order valence-corrected chi connectivity index (χ3v) is 5.83. The smallest absolute Gasteiger partial charge is 0.308 e. The second kappa shape index (κ2) is 7.04. The molecule has 2 atom stereocenters. The summed E-state index contributed by atoms with van der Waals surface area (Å²) in [6.07, 6.45) is 2.95. The lowest BCUT2D eigenvalue weighted by molar-refractivity contribution is -0.143. The predicted octanol–water partition coefficient (Wildman–Crippen LogP) is 2.99. The van der Waals surface area contributed by atoms with Crippen molar-refractivity contribution in [3.05, 3.63) is 46.5 Å². The number of para-hydroxylation sites is 1. The Morgan fingerprint density at radius 1 is 1.25 bits per heavy atom. The Morgan fingerprint density at radius 3 is 2.75 bits per heavy atom. The summed E-state index contributed by atoms with van der Waals surface area (Å²) in [5.41, 5.74) is 3.24. The monoisotopic (exact) mass is 385 g/mol. The summed E-state index contributed by atoms with van der Waals surface area (Å²) in [4.78, 5) is 26.3. The molecule has 2 heterocycles. The average molecular weight is 385 g/mol. The maximum atomic E-state index is 14.5. The second-order valence-electron chi connectivity index (χ2n) is 8.03. The lowest BCUT2D eigenvalue weighted by Gasteiger charge is -2.34. The van der Waals surface area contributed by atoms with Crippen molar-refractivity contribution in [2.24, 2.45) is 11.8 Å². The van der Waals surface area contributed by atoms with Crippen molar-refractivity contribution in [2.75, 3.05) is 13.1 Å². The topological polar surface area (TPSA) is 75.4 Å². The Balaban J connectivity index is 1.73. The van der Waals surface area contributed by atoms with Crippen molar-refractivity contribution >= 4 is 11.9 Å². The summed E-state index contributed by atoms with van der Waals surface area (Å²) in [6.45, 7) is 4.50. The summed E-state index contributed by atoms with van der Waals surface area (Å²) in [5, 5.41) is 13.9. The SMILES string of the molecule is Cc1cccc(F)c1-n1nc(C(=O)N2CC(C)CC(C(=O)O)C2)c2c1CCC2. The van der Waals surface area contributed by atoms with Gasteiger partial charge in [-0.3, -0.25) is 9.59 Å². The van der Waals surface area contributed by atoms with Crippen molar-refractivity contribution in [3.63, 3.8) is 0 Å². The highest BCUT2D eigenvalue weighted by Gasteiger charge is 2.36. The van der Waals surface area contributed by atoms with Crippen LogP contribution in [-0.4, -0.2) is 44.8 Å². The van der Waals surface area contributed by atoms with Gasteiger partial charge in [0.05, 0.1) is 5.92 Å². The van der Waals surface area contributed by atoms with E-state index in [0.29, 0.717) is 24.3 Å². The average Bonchev–Trinajstić information content (AvgIpc) is 3.24. The Kier molecular flexibility index (Phi) is 4.69. The number of hydrogen-bond donors (Lipinski definition) is 1. The molecule has 7 heteroatoms. The Hall–Kier alpha value is -2.70. The molecule has 1 aliphatic heterocycles. The van der Waals surface area contributed by atoms with Crippen molar-refractivity contribution in [3.8, 4) is 5.69 Å². The van der Waals surface area contributed by atoms with Gasteiger partial charge in [0.25, 0.3) is 5.91 Å². The molecule has 1 aromatic carbocycles. The summed E-state index contributed by atoms with van der Waals surface area (Å²) in [5.74, 6) is -1.93. The third-order valence-electron chi connectivity index (χ3n) is 5.83. The van der Waals surface area contributed by atoms with E-state index in [1.807, 2.05) is 19.9 Å². The number of hydrogen-bond acceptors (Lipinski definition) is 3. The van der Waals surface area contributed by atoms with Crippen LogP contribution in [0.15, 0.2) is 18.2 Å². The predicted molar refractivity (Wildman–Crippen MR) is 101 cm³/mol. The third kappa shape index (κ3) is 3.08. The molecule has 28 heavy (non-hydrogen) atoms. The van der Waals surface area contributed by atoms with E-state index in [0.717, 1.165) is 36.1 Å². The Bertz CT molecular complexity index is 932. The fourth-order valence-electron chi connectivity index (χ4n) is 4.53. The summed E-state index contributed by atoms with van der Waals surface area (Å²) in [6, 6.07) is 4.88. The van der Waals surface area contributed by atoms with Crippen LogP contribution >= 0.6 is 0 Å². The number of amides is 1. The van der Waals surface area contributed by atoms with Crippen molar-refractivity contribution in [2.45, 2.75) is 39.5 Å². The van der Waals surface area contributed by atoms with Crippen LogP contribution in [0.25, 0.3) is 5.69 Å². The van der Waals surface area contributed by atoms with E-state index in [9.17, 15) is 19.1 Å². The molecule has 0 saturated carbocycles. The number of rotatable bonds is 3. The number of fused-ring (bicyclic) bond motifs is 1. The summed E-state index contributed by atoms with van der Waals surface area (Å²) in [7, 11) is 0. The first-order valence-electron chi connectivity index (χ1n) is 9.75. The minimum Gasteiger partial charge on any atom is -0.481 e. The van der Waals surface area contributed by atoms with Crippen LogP contribution in [0.5, 0.6) is 0 Å². The first-order chi connectivity index (χ1) is 13.4. The van der Waals surface area contributed by atoms with E-state index in [4.69, 9.17) is 0 Å². The van der Waals surface area contributed by atoms with Crippen molar-refractivity contribution < 1.29 is 19.1 Å². The van der Waals surface area contributed by atoms with Crippen molar-refractivity contribution in [1.29, 1.82) is 0 Å². The van der Waals surface area contributed by atoms with Crippen LogP contribution in [0.1, 0.15) is 47.1 Å². The number of piperidine rings is 1. The minimum atomic E-state index is -0.873. The van der Waals surface area contributed by atoms with Gasteiger partial charge in [-0.25, -0.2) is 9.07 Å². The largest absolute Gasteiger partial charge is 0.481 e. The van der Waals surface area contributed by atoms with Gasteiger partial charge in [0.15, 0.2) is 5.69 Å². The molecule has 0 spiro atoms. The second-order valence-corrected chi connectivity index (χ2v) is 8.03. The molecule has 148 valence electrons. The molecular weight excluding hydrogens is 361 g/mol.